The van der Waals surface area contributed by atoms with Gasteiger partial charge in [-0.15, -0.1) is 11.8 Å². The van der Waals surface area contributed by atoms with Crippen LogP contribution in [-0.4, -0.2) is 11.5 Å². The van der Waals surface area contributed by atoms with Gasteiger partial charge in [-0.1, -0.05) is 35.9 Å². The lowest BCUT2D eigenvalue weighted by atomic mass is 10.1. The molecule has 2 aromatic rings. The maximum atomic E-state index is 12.0. The summed E-state index contributed by atoms with van der Waals surface area (Å²) in [5.41, 5.74) is 2.00. The van der Waals surface area contributed by atoms with E-state index in [2.05, 4.69) is 15.9 Å². The first-order valence-electron chi connectivity index (χ1n) is 6.20. The van der Waals surface area contributed by atoms with E-state index in [0.717, 1.165) is 20.5 Å². The maximum Gasteiger partial charge on any atom is 0.147 e. The summed E-state index contributed by atoms with van der Waals surface area (Å²) in [6.07, 6.45) is 0.385. The molecule has 0 saturated heterocycles. The van der Waals surface area contributed by atoms with E-state index in [1.165, 1.54) is 0 Å². The van der Waals surface area contributed by atoms with E-state index < -0.39 is 0 Å². The minimum Gasteiger partial charge on any atom is -0.298 e. The highest BCUT2D eigenvalue weighted by atomic mass is 79.9. The van der Waals surface area contributed by atoms with E-state index in [1.807, 2.05) is 49.4 Å². The van der Waals surface area contributed by atoms with Crippen molar-refractivity contribution in [2.24, 2.45) is 0 Å². The van der Waals surface area contributed by atoms with Crippen LogP contribution in [-0.2, 0) is 11.2 Å². The lowest BCUT2D eigenvalue weighted by molar-refractivity contribution is -0.116. The maximum absolute atomic E-state index is 12.0. The van der Waals surface area contributed by atoms with E-state index >= 15 is 0 Å². The van der Waals surface area contributed by atoms with Crippen LogP contribution >= 0.6 is 39.3 Å². The molecule has 4 heteroatoms. The van der Waals surface area contributed by atoms with Gasteiger partial charge in [-0.3, -0.25) is 4.79 Å². The zero-order valence-electron chi connectivity index (χ0n) is 11.0. The Balaban J connectivity index is 1.94. The van der Waals surface area contributed by atoms with Crippen LogP contribution in [0, 0.1) is 6.92 Å². The highest BCUT2D eigenvalue weighted by molar-refractivity contribution is 9.10. The molecule has 0 heterocycles. The van der Waals surface area contributed by atoms with E-state index in [-0.39, 0.29) is 5.78 Å². The third-order valence-electron chi connectivity index (χ3n) is 2.82. The Morgan fingerprint density at radius 3 is 2.70 bits per heavy atom. The SMILES string of the molecule is Cc1ccc(CC(=O)CSc2ccccc2Br)c(Cl)c1. The van der Waals surface area contributed by atoms with Gasteiger partial charge in [0.25, 0.3) is 0 Å². The largest absolute Gasteiger partial charge is 0.298 e. The number of aryl methyl sites for hydroxylation is 1. The van der Waals surface area contributed by atoms with Crippen molar-refractivity contribution < 1.29 is 4.79 Å². The molecule has 0 aliphatic carbocycles. The van der Waals surface area contributed by atoms with Crippen LogP contribution in [0.3, 0.4) is 0 Å². The lowest BCUT2D eigenvalue weighted by Gasteiger charge is -2.06. The van der Waals surface area contributed by atoms with Gasteiger partial charge in [0.05, 0.1) is 5.75 Å². The Bertz CT molecular complexity index is 628. The van der Waals surface area contributed by atoms with E-state index in [4.69, 9.17) is 11.6 Å². The van der Waals surface area contributed by atoms with Crippen LogP contribution in [0.15, 0.2) is 51.8 Å². The van der Waals surface area contributed by atoms with E-state index in [0.29, 0.717) is 17.2 Å². The highest BCUT2D eigenvalue weighted by Crippen LogP contribution is 2.27. The number of ketones is 1. The van der Waals surface area contributed by atoms with Crippen molar-refractivity contribution in [3.05, 3.63) is 63.1 Å². The minimum absolute atomic E-state index is 0.177. The number of carbonyl (C=O) groups excluding carboxylic acids is 1. The Labute approximate surface area is 136 Å². The molecular formula is C16H14BrClOS. The van der Waals surface area contributed by atoms with Crippen molar-refractivity contribution in [3.63, 3.8) is 0 Å². The molecule has 0 aliphatic rings. The quantitative estimate of drug-likeness (QED) is 0.664. The van der Waals surface area contributed by atoms with Crippen LogP contribution in [0.4, 0.5) is 0 Å². The molecule has 0 spiro atoms. The molecule has 0 aromatic heterocycles. The Kier molecular flexibility index (Phi) is 5.70. The van der Waals surface area contributed by atoms with Gasteiger partial charge in [-0.2, -0.15) is 0 Å². The average Bonchev–Trinajstić information content (AvgIpc) is 2.41. The van der Waals surface area contributed by atoms with Gasteiger partial charge < -0.3 is 0 Å². The summed E-state index contributed by atoms with van der Waals surface area (Å²) in [6, 6.07) is 13.7. The number of halogens is 2. The molecule has 0 saturated carbocycles. The minimum atomic E-state index is 0.177. The zero-order valence-corrected chi connectivity index (χ0v) is 14.2. The fourth-order valence-corrected chi connectivity index (χ4v) is 3.51. The molecule has 2 rings (SSSR count). The number of benzene rings is 2. The summed E-state index contributed by atoms with van der Waals surface area (Å²) in [4.78, 5) is 13.1. The molecule has 20 heavy (non-hydrogen) atoms. The molecule has 0 bridgehead atoms. The van der Waals surface area contributed by atoms with Gasteiger partial charge in [0.1, 0.15) is 5.78 Å². The van der Waals surface area contributed by atoms with Crippen LogP contribution in [0.1, 0.15) is 11.1 Å². The normalized spacial score (nSPS) is 10.6. The predicted molar refractivity (Wildman–Crippen MR) is 89.8 cm³/mol. The molecule has 1 nitrogen and oxygen atoms in total. The third kappa shape index (κ3) is 4.37. The van der Waals surface area contributed by atoms with E-state index in [9.17, 15) is 4.79 Å². The summed E-state index contributed by atoms with van der Waals surface area (Å²) < 4.78 is 1.02. The Morgan fingerprint density at radius 2 is 2.00 bits per heavy atom. The standard InChI is InChI=1S/C16H14BrClOS/c1-11-6-7-12(15(18)8-11)9-13(19)10-20-16-5-3-2-4-14(16)17/h2-8H,9-10H2,1H3. The molecular weight excluding hydrogens is 356 g/mol. The number of hydrogen-bond acceptors (Lipinski definition) is 2. The van der Waals surface area contributed by atoms with Gasteiger partial charge in [0, 0.05) is 20.8 Å². The summed E-state index contributed by atoms with van der Waals surface area (Å²) in [5.74, 6) is 0.629. The molecule has 0 N–H and O–H groups in total. The topological polar surface area (TPSA) is 17.1 Å². The molecule has 2 aromatic carbocycles. The second-order valence-corrected chi connectivity index (χ2v) is 6.81. The van der Waals surface area contributed by atoms with Crippen LogP contribution in [0.2, 0.25) is 5.02 Å². The second kappa shape index (κ2) is 7.30. The Morgan fingerprint density at radius 1 is 1.25 bits per heavy atom. The van der Waals surface area contributed by atoms with Crippen LogP contribution in [0.25, 0.3) is 0 Å². The Hall–Kier alpha value is -0.770. The molecule has 0 atom stereocenters. The summed E-state index contributed by atoms with van der Waals surface area (Å²) in [6.45, 7) is 1.99. The first-order valence-corrected chi connectivity index (χ1v) is 8.36. The van der Waals surface area contributed by atoms with Crippen molar-refractivity contribution in [1.29, 1.82) is 0 Å². The smallest absolute Gasteiger partial charge is 0.147 e. The summed E-state index contributed by atoms with van der Waals surface area (Å²) in [7, 11) is 0. The molecule has 0 amide bonds. The fourth-order valence-electron chi connectivity index (χ4n) is 1.78. The predicted octanol–water partition coefficient (Wildman–Crippen LogP) is 5.31. The van der Waals surface area contributed by atoms with Crippen molar-refractivity contribution in [2.45, 2.75) is 18.2 Å². The summed E-state index contributed by atoms with van der Waals surface area (Å²) >= 11 is 11.2. The first kappa shape index (κ1) is 15.6. The highest BCUT2D eigenvalue weighted by Gasteiger charge is 2.09. The number of rotatable bonds is 5. The zero-order chi connectivity index (χ0) is 14.5. The summed E-state index contributed by atoms with van der Waals surface area (Å²) in [5, 5.41) is 0.671. The van der Waals surface area contributed by atoms with Gasteiger partial charge >= 0.3 is 0 Å². The third-order valence-corrected chi connectivity index (χ3v) is 5.26. The molecule has 0 fully saturated rings. The van der Waals surface area contributed by atoms with Gasteiger partial charge in [-0.05, 0) is 52.2 Å². The number of thioether (sulfide) groups is 1. The lowest BCUT2D eigenvalue weighted by Crippen LogP contribution is -2.06. The van der Waals surface area contributed by atoms with Gasteiger partial charge in [0.15, 0.2) is 0 Å². The monoisotopic (exact) mass is 368 g/mol. The number of carbonyl (C=O) groups is 1. The van der Waals surface area contributed by atoms with Gasteiger partial charge in [-0.25, -0.2) is 0 Å². The molecule has 0 aliphatic heterocycles. The van der Waals surface area contributed by atoms with E-state index in [1.54, 1.807) is 11.8 Å². The second-order valence-electron chi connectivity index (χ2n) is 4.53. The van der Waals surface area contributed by atoms with Crippen LogP contribution in [0.5, 0.6) is 0 Å². The molecule has 0 unspecified atom stereocenters. The fraction of sp³-hybridized carbons (Fsp3) is 0.188. The van der Waals surface area contributed by atoms with Crippen LogP contribution < -0.4 is 0 Å². The average molecular weight is 370 g/mol. The van der Waals surface area contributed by atoms with Crippen molar-refractivity contribution in [3.8, 4) is 0 Å². The van der Waals surface area contributed by atoms with Gasteiger partial charge in [0.2, 0.25) is 0 Å². The van der Waals surface area contributed by atoms with Crippen molar-refractivity contribution in [2.75, 3.05) is 5.75 Å². The number of hydrogen-bond donors (Lipinski definition) is 0. The van der Waals surface area contributed by atoms with Crippen molar-refractivity contribution in [1.82, 2.24) is 0 Å². The molecule has 104 valence electrons. The number of Topliss-reactive ketones (excluding diaryl/α,β-unsaturated/α-hetero) is 1. The molecule has 0 radical (unpaired) electrons. The van der Waals surface area contributed by atoms with Crippen molar-refractivity contribution >= 4 is 45.1 Å². The first-order chi connectivity index (χ1) is 9.56.